The first-order valence-corrected chi connectivity index (χ1v) is 9.85. The van der Waals surface area contributed by atoms with E-state index in [4.69, 9.17) is 14.7 Å². The monoisotopic (exact) mass is 398 g/mol. The molecule has 0 saturated heterocycles. The fourth-order valence-corrected chi connectivity index (χ4v) is 3.84. The number of aryl methyl sites for hydroxylation is 1. The zero-order valence-corrected chi connectivity index (χ0v) is 17.2. The summed E-state index contributed by atoms with van der Waals surface area (Å²) in [4.78, 5) is 13.7. The van der Waals surface area contributed by atoms with Crippen molar-refractivity contribution >= 4 is 16.7 Å². The number of hydrogen-bond donors (Lipinski definition) is 0. The molecule has 7 heteroatoms. The van der Waals surface area contributed by atoms with Crippen molar-refractivity contribution in [3.63, 3.8) is 0 Å². The molecule has 150 valence electrons. The largest absolute Gasteiger partial charge is 0.497 e. The van der Waals surface area contributed by atoms with E-state index in [1.54, 1.807) is 18.0 Å². The van der Waals surface area contributed by atoms with Gasteiger partial charge in [-0.05, 0) is 54.8 Å². The summed E-state index contributed by atoms with van der Waals surface area (Å²) in [6.07, 6.45) is 6.05. The number of pyridine rings is 1. The molecule has 0 aliphatic rings. The Labute approximate surface area is 174 Å². The van der Waals surface area contributed by atoms with E-state index in [0.717, 1.165) is 40.4 Å². The molecule has 0 fully saturated rings. The number of methoxy groups -OCH3 is 1. The number of benzene rings is 1. The second-order valence-corrected chi connectivity index (χ2v) is 7.42. The molecule has 0 saturated carbocycles. The predicted molar refractivity (Wildman–Crippen MR) is 115 cm³/mol. The minimum absolute atomic E-state index is 0.656. The fraction of sp³-hybridized carbons (Fsp3) is 0.217. The Kier molecular flexibility index (Phi) is 4.43. The summed E-state index contributed by atoms with van der Waals surface area (Å²) in [5.74, 6) is 1.61. The molecule has 4 aromatic heterocycles. The van der Waals surface area contributed by atoms with Gasteiger partial charge in [0.25, 0.3) is 0 Å². The van der Waals surface area contributed by atoms with Crippen molar-refractivity contribution in [3.8, 4) is 5.75 Å². The summed E-state index contributed by atoms with van der Waals surface area (Å²) in [5.41, 5.74) is 6.46. The Balaban J connectivity index is 1.56. The molecule has 0 unspecified atom stereocenters. The first-order valence-electron chi connectivity index (χ1n) is 9.85. The van der Waals surface area contributed by atoms with E-state index in [2.05, 4.69) is 28.5 Å². The lowest BCUT2D eigenvalue weighted by atomic mass is 10.1. The van der Waals surface area contributed by atoms with Crippen molar-refractivity contribution < 1.29 is 4.74 Å². The number of ether oxygens (including phenoxy) is 1. The van der Waals surface area contributed by atoms with Crippen LogP contribution in [0.15, 0.2) is 55.1 Å². The van der Waals surface area contributed by atoms with Gasteiger partial charge in [-0.25, -0.2) is 14.5 Å². The average molecular weight is 398 g/mol. The van der Waals surface area contributed by atoms with E-state index < -0.39 is 0 Å². The third kappa shape index (κ3) is 3.08. The molecule has 30 heavy (non-hydrogen) atoms. The molecule has 0 N–H and O–H groups in total. The Morgan fingerprint density at radius 3 is 2.43 bits per heavy atom. The summed E-state index contributed by atoms with van der Waals surface area (Å²) < 4.78 is 9.25. The lowest BCUT2D eigenvalue weighted by molar-refractivity contribution is 0.414. The van der Waals surface area contributed by atoms with Gasteiger partial charge < -0.3 is 9.30 Å². The average Bonchev–Trinajstić information content (AvgIpc) is 3.29. The van der Waals surface area contributed by atoms with Crippen molar-refractivity contribution in [1.82, 2.24) is 29.1 Å². The molecule has 1 aromatic carbocycles. The first-order chi connectivity index (χ1) is 14.6. The van der Waals surface area contributed by atoms with Crippen molar-refractivity contribution in [2.24, 2.45) is 0 Å². The molecule has 5 aromatic rings. The summed E-state index contributed by atoms with van der Waals surface area (Å²) in [6.45, 7) is 5.00. The standard InChI is InChI=1S/C23H22N6O/c1-15-16(2)28(13-18-8-10-24-11-9-18)22-21(15)23-26-20(27-29(23)14-25-22)12-17-4-6-19(30-3)7-5-17/h4-11,14H,12-13H2,1-3H3. The number of nitrogens with zero attached hydrogens (tertiary/aromatic N) is 6. The molecule has 0 aliphatic heterocycles. The number of fused-ring (bicyclic) bond motifs is 3. The molecule has 0 aliphatic carbocycles. The smallest absolute Gasteiger partial charge is 0.168 e. The van der Waals surface area contributed by atoms with E-state index in [9.17, 15) is 0 Å². The third-order valence-electron chi connectivity index (χ3n) is 5.60. The minimum Gasteiger partial charge on any atom is -0.497 e. The number of rotatable bonds is 5. The van der Waals surface area contributed by atoms with E-state index >= 15 is 0 Å². The fourth-order valence-electron chi connectivity index (χ4n) is 3.84. The Hall–Kier alpha value is -3.74. The van der Waals surface area contributed by atoms with Crippen molar-refractivity contribution in [2.45, 2.75) is 26.8 Å². The lowest BCUT2D eigenvalue weighted by Gasteiger charge is -2.07. The van der Waals surface area contributed by atoms with Gasteiger partial charge in [-0.2, -0.15) is 0 Å². The van der Waals surface area contributed by atoms with Gasteiger partial charge in [-0.3, -0.25) is 4.98 Å². The lowest BCUT2D eigenvalue weighted by Crippen LogP contribution is -2.03. The Morgan fingerprint density at radius 2 is 1.70 bits per heavy atom. The van der Waals surface area contributed by atoms with Crippen molar-refractivity contribution in [3.05, 3.63) is 83.3 Å². The summed E-state index contributed by atoms with van der Waals surface area (Å²) >= 11 is 0. The van der Waals surface area contributed by atoms with Crippen LogP contribution in [-0.2, 0) is 13.0 Å². The minimum atomic E-state index is 0.656. The quantitative estimate of drug-likeness (QED) is 0.451. The van der Waals surface area contributed by atoms with Crippen LogP contribution in [0.1, 0.15) is 28.2 Å². The van der Waals surface area contributed by atoms with Gasteiger partial charge in [-0.1, -0.05) is 12.1 Å². The number of hydrogen-bond acceptors (Lipinski definition) is 5. The molecule has 4 heterocycles. The van der Waals surface area contributed by atoms with Gasteiger partial charge in [0.15, 0.2) is 11.5 Å². The predicted octanol–water partition coefficient (Wildman–Crippen LogP) is 3.74. The SMILES string of the molecule is COc1ccc(Cc2nc3c4c(C)c(C)n(Cc5ccncc5)c4ncn3n2)cc1. The summed E-state index contributed by atoms with van der Waals surface area (Å²) in [6, 6.07) is 12.1. The van der Waals surface area contributed by atoms with Gasteiger partial charge in [0.1, 0.15) is 17.7 Å². The van der Waals surface area contributed by atoms with E-state index in [1.807, 2.05) is 48.8 Å². The van der Waals surface area contributed by atoms with Crippen LogP contribution in [0.25, 0.3) is 16.7 Å². The summed E-state index contributed by atoms with van der Waals surface area (Å²) in [5, 5.41) is 5.71. The van der Waals surface area contributed by atoms with Gasteiger partial charge in [0, 0.05) is 31.1 Å². The normalized spacial score (nSPS) is 11.4. The molecule has 0 spiro atoms. The van der Waals surface area contributed by atoms with Gasteiger partial charge in [0.05, 0.1) is 12.5 Å². The van der Waals surface area contributed by atoms with Crippen LogP contribution in [0.2, 0.25) is 0 Å². The highest BCUT2D eigenvalue weighted by Gasteiger charge is 2.18. The van der Waals surface area contributed by atoms with Crippen molar-refractivity contribution in [1.29, 1.82) is 0 Å². The molecular formula is C23H22N6O. The van der Waals surface area contributed by atoms with Gasteiger partial charge in [-0.15, -0.1) is 5.10 Å². The van der Waals surface area contributed by atoms with Crippen LogP contribution in [0.3, 0.4) is 0 Å². The maximum Gasteiger partial charge on any atom is 0.168 e. The summed E-state index contributed by atoms with van der Waals surface area (Å²) in [7, 11) is 1.67. The van der Waals surface area contributed by atoms with E-state index in [-0.39, 0.29) is 0 Å². The molecule has 0 atom stereocenters. The highest BCUT2D eigenvalue weighted by molar-refractivity contribution is 5.93. The van der Waals surface area contributed by atoms with Crippen LogP contribution >= 0.6 is 0 Å². The van der Waals surface area contributed by atoms with Crippen molar-refractivity contribution in [2.75, 3.05) is 7.11 Å². The zero-order valence-electron chi connectivity index (χ0n) is 17.2. The van der Waals surface area contributed by atoms with Crippen LogP contribution in [0, 0.1) is 13.8 Å². The highest BCUT2D eigenvalue weighted by atomic mass is 16.5. The molecule has 5 rings (SSSR count). The van der Waals surface area contributed by atoms with Crippen LogP contribution < -0.4 is 4.74 Å². The molecule has 7 nitrogen and oxygen atoms in total. The molecule has 0 radical (unpaired) electrons. The molecule has 0 bridgehead atoms. The maximum atomic E-state index is 5.24. The second kappa shape index (κ2) is 7.26. The number of aromatic nitrogens is 6. The first kappa shape index (κ1) is 18.3. The second-order valence-electron chi connectivity index (χ2n) is 7.42. The van der Waals surface area contributed by atoms with Gasteiger partial charge in [0.2, 0.25) is 0 Å². The maximum absolute atomic E-state index is 5.24. The van der Waals surface area contributed by atoms with Crippen LogP contribution in [0.5, 0.6) is 5.75 Å². The zero-order chi connectivity index (χ0) is 20.7. The third-order valence-corrected chi connectivity index (χ3v) is 5.60. The van der Waals surface area contributed by atoms with E-state index in [1.165, 1.54) is 16.8 Å². The highest BCUT2D eigenvalue weighted by Crippen LogP contribution is 2.27. The van der Waals surface area contributed by atoms with E-state index in [0.29, 0.717) is 6.42 Å². The topological polar surface area (TPSA) is 70.1 Å². The molecular weight excluding hydrogens is 376 g/mol. The molecule has 0 amide bonds. The van der Waals surface area contributed by atoms with Crippen LogP contribution in [-0.4, -0.2) is 36.2 Å². The van der Waals surface area contributed by atoms with Gasteiger partial charge >= 0.3 is 0 Å². The Bertz CT molecular complexity index is 1340. The Morgan fingerprint density at radius 1 is 0.933 bits per heavy atom. The van der Waals surface area contributed by atoms with Crippen LogP contribution in [0.4, 0.5) is 0 Å².